The van der Waals surface area contributed by atoms with E-state index >= 15 is 0 Å². The summed E-state index contributed by atoms with van der Waals surface area (Å²) in [5.74, 6) is 0.115. The predicted octanol–water partition coefficient (Wildman–Crippen LogP) is 5.32. The first-order chi connectivity index (χ1) is 16.5. The third-order valence-electron chi connectivity index (χ3n) is 7.39. The summed E-state index contributed by atoms with van der Waals surface area (Å²) >= 11 is 0. The average Bonchev–Trinajstić information content (AvgIpc) is 3.47. The molecule has 1 N–H and O–H groups in total. The van der Waals surface area contributed by atoms with Crippen LogP contribution in [-0.2, 0) is 16.8 Å². The number of para-hydroxylation sites is 2. The highest BCUT2D eigenvalue weighted by Gasteiger charge is 2.59. The van der Waals surface area contributed by atoms with E-state index in [-0.39, 0.29) is 11.9 Å². The summed E-state index contributed by atoms with van der Waals surface area (Å²) in [4.78, 5) is 34.2. The monoisotopic (exact) mass is 451 g/mol. The van der Waals surface area contributed by atoms with Crippen LogP contribution in [0.4, 0.5) is 10.5 Å². The lowest BCUT2D eigenvalue weighted by Crippen LogP contribution is -2.49. The molecule has 3 aromatic carbocycles. The maximum Gasteiger partial charge on any atom is 0.332 e. The lowest BCUT2D eigenvalue weighted by Gasteiger charge is -2.35. The normalized spacial score (nSPS) is 19.9. The number of aromatic amines is 1. The fraction of sp³-hybridized carbons (Fsp3) is 0.185. The Morgan fingerprint density at radius 3 is 2.56 bits per heavy atom. The molecule has 34 heavy (non-hydrogen) atoms. The summed E-state index contributed by atoms with van der Waals surface area (Å²) in [6.45, 7) is 2.30. The van der Waals surface area contributed by atoms with Crippen molar-refractivity contribution < 1.29 is 18.7 Å². The fourth-order valence-electron chi connectivity index (χ4n) is 5.68. The van der Waals surface area contributed by atoms with E-state index < -0.39 is 5.54 Å². The molecule has 5 aromatic rings. The molecule has 0 bridgehead atoms. The number of nitrogens with zero attached hydrogens (tertiary/aromatic N) is 2. The lowest BCUT2D eigenvalue weighted by atomic mass is 9.87. The van der Waals surface area contributed by atoms with Crippen molar-refractivity contribution >= 4 is 50.5 Å². The van der Waals surface area contributed by atoms with Crippen LogP contribution >= 0.6 is 0 Å². The van der Waals surface area contributed by atoms with Gasteiger partial charge >= 0.3 is 6.03 Å². The van der Waals surface area contributed by atoms with Gasteiger partial charge in [-0.25, -0.2) is 9.69 Å². The van der Waals surface area contributed by atoms with Crippen molar-refractivity contribution in [1.29, 1.82) is 0 Å². The van der Waals surface area contributed by atoms with Gasteiger partial charge < -0.3 is 19.0 Å². The number of aromatic nitrogens is 1. The van der Waals surface area contributed by atoms with Crippen molar-refractivity contribution in [3.63, 3.8) is 0 Å². The second-order valence-corrected chi connectivity index (χ2v) is 9.04. The Morgan fingerprint density at radius 2 is 1.74 bits per heavy atom. The number of hydrogen-bond donors (Lipinski definition) is 1. The minimum absolute atomic E-state index is 0.296. The number of methoxy groups -OCH3 is 1. The predicted molar refractivity (Wildman–Crippen MR) is 129 cm³/mol. The molecule has 168 valence electrons. The quantitative estimate of drug-likeness (QED) is 0.369. The first kappa shape index (κ1) is 19.2. The second kappa shape index (κ2) is 6.41. The van der Waals surface area contributed by atoms with Crippen molar-refractivity contribution in [2.24, 2.45) is 0 Å². The number of ether oxygens (including phenoxy) is 1. The minimum atomic E-state index is -1.12. The van der Waals surface area contributed by atoms with E-state index in [4.69, 9.17) is 9.15 Å². The molecule has 7 nitrogen and oxygen atoms in total. The Hall–Kier alpha value is -4.26. The number of carbonyl (C=O) groups is 2. The summed E-state index contributed by atoms with van der Waals surface area (Å²) < 4.78 is 11.6. The van der Waals surface area contributed by atoms with Crippen molar-refractivity contribution in [2.75, 3.05) is 18.6 Å². The lowest BCUT2D eigenvalue weighted by molar-refractivity contribution is -0.125. The van der Waals surface area contributed by atoms with E-state index in [0.717, 1.165) is 38.5 Å². The SMILES string of the molecule is COc1cc2oc3ccccc3c2cc1N1C(=O)N2CCc3c([nH]c4ccccc34)C2(C)C1=O. The first-order valence-electron chi connectivity index (χ1n) is 11.3. The van der Waals surface area contributed by atoms with Gasteiger partial charge in [0.2, 0.25) is 0 Å². The van der Waals surface area contributed by atoms with Crippen LogP contribution in [0.1, 0.15) is 18.2 Å². The second-order valence-electron chi connectivity index (χ2n) is 9.04. The number of nitrogens with one attached hydrogen (secondary N) is 1. The zero-order valence-corrected chi connectivity index (χ0v) is 18.7. The maximum atomic E-state index is 14.1. The summed E-state index contributed by atoms with van der Waals surface area (Å²) in [7, 11) is 1.53. The van der Waals surface area contributed by atoms with Gasteiger partial charge in [-0.2, -0.15) is 0 Å². The number of imide groups is 1. The zero-order chi connectivity index (χ0) is 23.2. The molecule has 0 aliphatic carbocycles. The Bertz CT molecular complexity index is 1680. The molecule has 3 amide bonds. The molecule has 2 aliphatic rings. The number of hydrogen-bond acceptors (Lipinski definition) is 4. The van der Waals surface area contributed by atoms with Gasteiger partial charge in [0.25, 0.3) is 5.91 Å². The number of anilines is 1. The molecule has 4 heterocycles. The van der Waals surface area contributed by atoms with Crippen molar-refractivity contribution in [1.82, 2.24) is 9.88 Å². The highest BCUT2D eigenvalue weighted by Crippen LogP contribution is 2.48. The van der Waals surface area contributed by atoms with Crippen LogP contribution in [0, 0.1) is 0 Å². The van der Waals surface area contributed by atoms with Gasteiger partial charge in [0.05, 0.1) is 18.5 Å². The van der Waals surface area contributed by atoms with Crippen LogP contribution in [0.25, 0.3) is 32.8 Å². The van der Waals surface area contributed by atoms with E-state index in [0.29, 0.717) is 30.0 Å². The van der Waals surface area contributed by atoms with Crippen molar-refractivity contribution in [3.8, 4) is 5.75 Å². The molecule has 1 unspecified atom stereocenters. The number of rotatable bonds is 2. The number of furan rings is 1. The highest BCUT2D eigenvalue weighted by molar-refractivity contribution is 6.25. The molecule has 7 heteroatoms. The fourth-order valence-corrected chi connectivity index (χ4v) is 5.68. The molecule has 1 saturated heterocycles. The Morgan fingerprint density at radius 1 is 0.971 bits per heavy atom. The molecule has 7 rings (SSSR count). The summed E-state index contributed by atoms with van der Waals surface area (Å²) in [6, 6.07) is 19.0. The average molecular weight is 451 g/mol. The van der Waals surface area contributed by atoms with Gasteiger partial charge in [-0.15, -0.1) is 0 Å². The van der Waals surface area contributed by atoms with Crippen LogP contribution in [-0.4, -0.2) is 35.5 Å². The van der Waals surface area contributed by atoms with Crippen LogP contribution in [0.15, 0.2) is 65.1 Å². The van der Waals surface area contributed by atoms with Gasteiger partial charge in [-0.3, -0.25) is 4.79 Å². The molecular formula is C27H21N3O4. The van der Waals surface area contributed by atoms with Gasteiger partial charge in [0.15, 0.2) is 5.54 Å². The number of carbonyl (C=O) groups excluding carboxylic acids is 2. The molecule has 0 spiro atoms. The number of fused-ring (bicyclic) bond motifs is 8. The number of amides is 3. The smallest absolute Gasteiger partial charge is 0.332 e. The number of urea groups is 1. The Labute approximate surface area is 194 Å². The summed E-state index contributed by atoms with van der Waals surface area (Å²) in [5, 5.41) is 2.84. The Kier molecular flexibility index (Phi) is 3.63. The van der Waals surface area contributed by atoms with Crippen LogP contribution in [0.3, 0.4) is 0 Å². The minimum Gasteiger partial charge on any atom is -0.494 e. The van der Waals surface area contributed by atoms with Gasteiger partial charge in [0, 0.05) is 34.3 Å². The van der Waals surface area contributed by atoms with E-state index in [1.165, 1.54) is 12.0 Å². The molecule has 2 aliphatic heterocycles. The largest absolute Gasteiger partial charge is 0.494 e. The van der Waals surface area contributed by atoms with E-state index in [2.05, 4.69) is 11.1 Å². The van der Waals surface area contributed by atoms with Gasteiger partial charge in [-0.1, -0.05) is 36.4 Å². The zero-order valence-electron chi connectivity index (χ0n) is 18.7. The van der Waals surface area contributed by atoms with E-state index in [9.17, 15) is 9.59 Å². The topological polar surface area (TPSA) is 78.8 Å². The summed E-state index contributed by atoms with van der Waals surface area (Å²) in [5.41, 5.74) is 3.53. The van der Waals surface area contributed by atoms with Gasteiger partial charge in [0.1, 0.15) is 16.9 Å². The molecular weight excluding hydrogens is 430 g/mol. The number of benzene rings is 3. The molecule has 2 aromatic heterocycles. The standard InChI is InChI=1S/C27H21N3O4/c1-27-24-17(15-7-3-5-9-19(15)28-24)11-12-29(27)26(32)30(25(27)31)20-13-18-16-8-4-6-10-21(16)34-22(18)14-23(20)33-2/h3-10,13-14,28H,11-12H2,1-2H3. The van der Waals surface area contributed by atoms with Crippen molar-refractivity contribution in [2.45, 2.75) is 18.9 Å². The van der Waals surface area contributed by atoms with Crippen LogP contribution < -0.4 is 9.64 Å². The summed E-state index contributed by atoms with van der Waals surface area (Å²) in [6.07, 6.45) is 0.685. The van der Waals surface area contributed by atoms with Crippen molar-refractivity contribution in [3.05, 3.63) is 71.9 Å². The first-order valence-corrected chi connectivity index (χ1v) is 11.3. The van der Waals surface area contributed by atoms with Gasteiger partial charge in [-0.05, 0) is 37.1 Å². The third-order valence-corrected chi connectivity index (χ3v) is 7.39. The molecule has 1 fully saturated rings. The molecule has 1 atom stereocenters. The Balaban J connectivity index is 1.44. The van der Waals surface area contributed by atoms with Crippen LogP contribution in [0.5, 0.6) is 5.75 Å². The van der Waals surface area contributed by atoms with Crippen LogP contribution in [0.2, 0.25) is 0 Å². The molecule has 0 saturated carbocycles. The van der Waals surface area contributed by atoms with E-state index in [1.54, 1.807) is 11.0 Å². The maximum absolute atomic E-state index is 14.1. The number of H-pyrrole nitrogens is 1. The van der Waals surface area contributed by atoms with E-state index in [1.807, 2.05) is 55.5 Å². The highest BCUT2D eigenvalue weighted by atomic mass is 16.5. The third kappa shape index (κ3) is 2.21. The molecule has 0 radical (unpaired) electrons.